The van der Waals surface area contributed by atoms with Gasteiger partial charge in [-0.15, -0.1) is 0 Å². The first-order chi connectivity index (χ1) is 12.9. The second kappa shape index (κ2) is 6.06. The van der Waals surface area contributed by atoms with E-state index in [9.17, 15) is 4.79 Å². The van der Waals surface area contributed by atoms with Crippen LogP contribution in [0.3, 0.4) is 0 Å². The molecule has 1 saturated heterocycles. The van der Waals surface area contributed by atoms with Crippen molar-refractivity contribution in [2.45, 2.75) is 84.0 Å². The molecule has 0 aromatic heterocycles. The van der Waals surface area contributed by atoms with Crippen LogP contribution in [0.1, 0.15) is 72.1 Å². The van der Waals surface area contributed by atoms with E-state index in [2.05, 4.69) is 19.9 Å². The second-order valence-corrected chi connectivity index (χ2v) is 10.3. The molecule has 3 saturated carbocycles. The zero-order valence-corrected chi connectivity index (χ0v) is 17.1. The van der Waals surface area contributed by atoms with Crippen LogP contribution in [-0.4, -0.2) is 31.1 Å². The molecule has 4 heteroatoms. The highest BCUT2D eigenvalue weighted by atomic mass is 16.7. The van der Waals surface area contributed by atoms with Crippen LogP contribution in [0.2, 0.25) is 0 Å². The van der Waals surface area contributed by atoms with E-state index < -0.39 is 0 Å². The molecule has 4 nitrogen and oxygen atoms in total. The third-order valence-electron chi connectivity index (χ3n) is 9.15. The normalized spacial score (nSPS) is 47.7. The summed E-state index contributed by atoms with van der Waals surface area (Å²) in [5.41, 5.74) is 2.06. The topological polar surface area (TPSA) is 44.8 Å². The van der Waals surface area contributed by atoms with Gasteiger partial charge in [0.25, 0.3) is 0 Å². The number of hydrogen-bond acceptors (Lipinski definition) is 4. The van der Waals surface area contributed by atoms with Crippen LogP contribution < -0.4 is 0 Å². The quantitative estimate of drug-likeness (QED) is 0.496. The van der Waals surface area contributed by atoms with Gasteiger partial charge >= 0.3 is 5.97 Å². The van der Waals surface area contributed by atoms with Crippen molar-refractivity contribution in [1.29, 1.82) is 0 Å². The number of esters is 1. The van der Waals surface area contributed by atoms with Gasteiger partial charge in [-0.3, -0.25) is 4.79 Å². The van der Waals surface area contributed by atoms with Crippen LogP contribution in [0.5, 0.6) is 0 Å². The minimum atomic E-state index is -0.324. The minimum absolute atomic E-state index is 0.115. The average Bonchev–Trinajstić information content (AvgIpc) is 3.21. The maximum absolute atomic E-state index is 11.6. The van der Waals surface area contributed by atoms with Crippen molar-refractivity contribution in [3.8, 4) is 0 Å². The maximum Gasteiger partial charge on any atom is 0.302 e. The van der Waals surface area contributed by atoms with Crippen LogP contribution in [0.4, 0.5) is 0 Å². The molecule has 5 aliphatic rings. The fourth-order valence-electron chi connectivity index (χ4n) is 7.69. The zero-order valence-electron chi connectivity index (χ0n) is 17.1. The molecule has 4 fully saturated rings. The summed E-state index contributed by atoms with van der Waals surface area (Å²) in [6.45, 7) is 7.96. The van der Waals surface area contributed by atoms with Crippen molar-refractivity contribution in [3.63, 3.8) is 0 Å². The number of ether oxygens (including phenoxy) is 3. The molecular weight excluding hydrogens is 340 g/mol. The van der Waals surface area contributed by atoms with Crippen LogP contribution in [-0.2, 0) is 19.0 Å². The van der Waals surface area contributed by atoms with Gasteiger partial charge in [-0.1, -0.05) is 25.5 Å². The Labute approximate surface area is 163 Å². The molecule has 27 heavy (non-hydrogen) atoms. The number of allylic oxidation sites excluding steroid dienone is 1. The summed E-state index contributed by atoms with van der Waals surface area (Å²) >= 11 is 0. The van der Waals surface area contributed by atoms with E-state index >= 15 is 0 Å². The lowest BCUT2D eigenvalue weighted by atomic mass is 9.47. The first kappa shape index (κ1) is 18.2. The predicted octanol–water partition coefficient (Wildman–Crippen LogP) is 4.62. The number of rotatable bonds is 1. The first-order valence-corrected chi connectivity index (χ1v) is 11.0. The Kier molecular flexibility index (Phi) is 4.08. The summed E-state index contributed by atoms with van der Waals surface area (Å²) < 4.78 is 17.8. The fraction of sp³-hybridized carbons (Fsp3) is 0.870. The van der Waals surface area contributed by atoms with Crippen molar-refractivity contribution >= 4 is 5.97 Å². The van der Waals surface area contributed by atoms with Gasteiger partial charge in [0.2, 0.25) is 0 Å². The van der Waals surface area contributed by atoms with E-state index in [1.54, 1.807) is 12.5 Å². The van der Waals surface area contributed by atoms with Gasteiger partial charge in [0.1, 0.15) is 6.10 Å². The Hall–Kier alpha value is -0.870. The van der Waals surface area contributed by atoms with Crippen molar-refractivity contribution in [2.75, 3.05) is 13.2 Å². The van der Waals surface area contributed by atoms with Gasteiger partial charge in [-0.25, -0.2) is 0 Å². The van der Waals surface area contributed by atoms with E-state index in [1.165, 1.54) is 32.1 Å². The molecule has 5 rings (SSSR count). The third-order valence-corrected chi connectivity index (χ3v) is 9.15. The lowest BCUT2D eigenvalue weighted by molar-refractivity contribution is -0.186. The summed E-state index contributed by atoms with van der Waals surface area (Å²) in [5, 5.41) is 0. The molecule has 0 unspecified atom stereocenters. The summed E-state index contributed by atoms with van der Waals surface area (Å²) in [5.74, 6) is 1.73. The molecule has 0 N–H and O–H groups in total. The summed E-state index contributed by atoms with van der Waals surface area (Å²) in [7, 11) is 0. The van der Waals surface area contributed by atoms with Crippen LogP contribution in [0.25, 0.3) is 0 Å². The summed E-state index contributed by atoms with van der Waals surface area (Å²) in [6.07, 6.45) is 11.7. The first-order valence-electron chi connectivity index (χ1n) is 11.0. The van der Waals surface area contributed by atoms with Gasteiger partial charge < -0.3 is 14.2 Å². The molecule has 0 radical (unpaired) electrons. The van der Waals surface area contributed by atoms with Crippen molar-refractivity contribution in [3.05, 3.63) is 11.6 Å². The largest absolute Gasteiger partial charge is 0.462 e. The van der Waals surface area contributed by atoms with E-state index in [4.69, 9.17) is 14.2 Å². The van der Waals surface area contributed by atoms with Gasteiger partial charge in [0, 0.05) is 25.2 Å². The Bertz CT molecular complexity index is 663. The number of fused-ring (bicyclic) bond motifs is 5. The van der Waals surface area contributed by atoms with Crippen LogP contribution in [0.15, 0.2) is 11.6 Å². The maximum atomic E-state index is 11.6. The molecular formula is C23H34O4. The summed E-state index contributed by atoms with van der Waals surface area (Å²) in [4.78, 5) is 11.6. The van der Waals surface area contributed by atoms with E-state index in [1.807, 2.05) is 0 Å². The Morgan fingerprint density at radius 2 is 1.85 bits per heavy atom. The van der Waals surface area contributed by atoms with E-state index in [0.29, 0.717) is 11.3 Å². The zero-order chi connectivity index (χ0) is 18.9. The average molecular weight is 375 g/mol. The molecule has 1 aliphatic heterocycles. The molecule has 0 aromatic rings. The monoisotopic (exact) mass is 374 g/mol. The van der Waals surface area contributed by atoms with Gasteiger partial charge in [-0.05, 0) is 61.7 Å². The van der Waals surface area contributed by atoms with E-state index in [0.717, 1.165) is 44.3 Å². The highest BCUT2D eigenvalue weighted by Gasteiger charge is 2.61. The Morgan fingerprint density at radius 3 is 2.59 bits per heavy atom. The van der Waals surface area contributed by atoms with Gasteiger partial charge in [0.15, 0.2) is 5.79 Å². The standard InChI is InChI=1S/C23H34O4/c1-15(24)27-20-7-6-18-17-5-4-16-14-23(25-12-13-26-23)11-10-21(16,2)19(17)8-9-22(18,20)3/h4,17-20H,5-14H2,1-3H3/t17-,18+,19+,20-,21-,22-/m0/s1. The van der Waals surface area contributed by atoms with Crippen molar-refractivity contribution < 1.29 is 19.0 Å². The molecule has 0 bridgehead atoms. The smallest absolute Gasteiger partial charge is 0.302 e. The second-order valence-electron chi connectivity index (χ2n) is 10.3. The summed E-state index contributed by atoms with van der Waals surface area (Å²) in [6, 6.07) is 0. The van der Waals surface area contributed by atoms with Crippen molar-refractivity contribution in [1.82, 2.24) is 0 Å². The number of carbonyl (C=O) groups excluding carboxylic acids is 1. The van der Waals surface area contributed by atoms with Crippen LogP contribution in [0, 0.1) is 28.6 Å². The van der Waals surface area contributed by atoms with Crippen LogP contribution >= 0.6 is 0 Å². The molecule has 1 heterocycles. The molecule has 0 amide bonds. The SMILES string of the molecule is CC(=O)O[C@H]1CC[C@@H]2[C@@H]3CC=C4CC5(CC[C@]4(C)[C@@H]3CC[C@]12C)OCCO5. The van der Waals surface area contributed by atoms with Gasteiger partial charge in [-0.2, -0.15) is 0 Å². The lowest BCUT2D eigenvalue weighted by Gasteiger charge is -2.58. The third kappa shape index (κ3) is 2.58. The Balaban J connectivity index is 1.41. The number of carbonyl (C=O) groups is 1. The van der Waals surface area contributed by atoms with Crippen molar-refractivity contribution in [2.24, 2.45) is 28.6 Å². The minimum Gasteiger partial charge on any atom is -0.462 e. The highest BCUT2D eigenvalue weighted by molar-refractivity contribution is 5.66. The predicted molar refractivity (Wildman–Crippen MR) is 102 cm³/mol. The molecule has 6 atom stereocenters. The van der Waals surface area contributed by atoms with Gasteiger partial charge in [0.05, 0.1) is 13.2 Å². The molecule has 0 aromatic carbocycles. The fourth-order valence-corrected chi connectivity index (χ4v) is 7.69. The lowest BCUT2D eigenvalue weighted by Crippen LogP contribution is -2.53. The molecule has 150 valence electrons. The molecule has 1 spiro atoms. The number of hydrogen-bond donors (Lipinski definition) is 0. The Morgan fingerprint density at radius 1 is 1.07 bits per heavy atom. The molecule has 4 aliphatic carbocycles. The van der Waals surface area contributed by atoms with E-state index in [-0.39, 0.29) is 23.3 Å². The highest BCUT2D eigenvalue weighted by Crippen LogP contribution is 2.66.